The molecule has 0 radical (unpaired) electrons. The molecule has 0 bridgehead atoms. The molecule has 0 aliphatic heterocycles. The maximum Gasteiger partial charge on any atom is 0.383 e. The highest BCUT2D eigenvalue weighted by molar-refractivity contribution is 7.14. The van der Waals surface area contributed by atoms with Crippen LogP contribution in [0, 0.1) is 0 Å². The van der Waals surface area contributed by atoms with Crippen LogP contribution in [-0.2, 0) is 9.53 Å². The average molecular weight is 299 g/mol. The average Bonchev–Trinajstić information content (AvgIpc) is 2.77. The molecule has 0 saturated heterocycles. The van der Waals surface area contributed by atoms with E-state index < -0.39 is 24.2 Å². The molecule has 0 atom stereocenters. The van der Waals surface area contributed by atoms with E-state index in [0.717, 1.165) is 11.3 Å². The predicted octanol–water partition coefficient (Wildman–Crippen LogP) is 2.76. The van der Waals surface area contributed by atoms with Gasteiger partial charge < -0.3 is 10.1 Å². The molecule has 4 nitrogen and oxygen atoms in total. The highest BCUT2D eigenvalue weighted by Gasteiger charge is 2.49. The van der Waals surface area contributed by atoms with E-state index in [-0.39, 0.29) is 17.2 Å². The molecule has 1 heterocycles. The van der Waals surface area contributed by atoms with Gasteiger partial charge >= 0.3 is 24.2 Å². The van der Waals surface area contributed by atoms with Gasteiger partial charge in [-0.1, -0.05) is 0 Å². The number of esters is 1. The molecule has 0 aliphatic rings. The molecule has 0 saturated carbocycles. The summed E-state index contributed by atoms with van der Waals surface area (Å²) >= 11 is 0.749. The molecule has 0 unspecified atom stereocenters. The number of carbonyl (C=O) groups is 2. The van der Waals surface area contributed by atoms with Gasteiger partial charge in [-0.25, -0.2) is 13.6 Å². The number of halogens is 4. The number of carbonyl (C=O) groups excluding carboxylic acids is 2. The fourth-order valence-electron chi connectivity index (χ4n) is 1.06. The van der Waals surface area contributed by atoms with Crippen molar-refractivity contribution in [2.75, 3.05) is 11.9 Å². The van der Waals surface area contributed by atoms with E-state index in [2.05, 4.69) is 4.74 Å². The van der Waals surface area contributed by atoms with Gasteiger partial charge in [0.05, 0.1) is 12.2 Å². The summed E-state index contributed by atoms with van der Waals surface area (Å²) < 4.78 is 54.0. The van der Waals surface area contributed by atoms with Gasteiger partial charge in [0.25, 0.3) is 0 Å². The van der Waals surface area contributed by atoms with Crippen molar-refractivity contribution in [1.29, 1.82) is 0 Å². The first-order valence-electron chi connectivity index (χ1n) is 5.02. The number of alkyl halides is 4. The highest BCUT2D eigenvalue weighted by Crippen LogP contribution is 2.29. The van der Waals surface area contributed by atoms with Gasteiger partial charge in [0.2, 0.25) is 0 Å². The maximum atomic E-state index is 12.7. The van der Waals surface area contributed by atoms with Gasteiger partial charge in [0.1, 0.15) is 5.00 Å². The first kappa shape index (κ1) is 15.4. The fraction of sp³-hybridized carbons (Fsp3) is 0.400. The minimum atomic E-state index is -4.82. The second-order valence-corrected chi connectivity index (χ2v) is 4.18. The summed E-state index contributed by atoms with van der Waals surface area (Å²) in [5.41, 5.74) is -0.162. The van der Waals surface area contributed by atoms with Crippen LogP contribution < -0.4 is 5.32 Å². The van der Waals surface area contributed by atoms with Crippen molar-refractivity contribution in [3.05, 3.63) is 17.0 Å². The monoisotopic (exact) mass is 299 g/mol. The summed E-state index contributed by atoms with van der Waals surface area (Å²) in [6.45, 7) is 1.59. The maximum absolute atomic E-state index is 12.7. The van der Waals surface area contributed by atoms with Crippen molar-refractivity contribution in [2.45, 2.75) is 19.3 Å². The lowest BCUT2D eigenvalue weighted by atomic mass is 10.3. The zero-order valence-electron chi connectivity index (χ0n) is 9.58. The van der Waals surface area contributed by atoms with Crippen LogP contribution in [0.2, 0.25) is 0 Å². The summed E-state index contributed by atoms with van der Waals surface area (Å²) in [6.07, 6.45) is -4.13. The topological polar surface area (TPSA) is 55.4 Å². The zero-order chi connectivity index (χ0) is 14.6. The molecule has 1 aromatic rings. The number of hydrogen-bond donors (Lipinski definition) is 1. The summed E-state index contributed by atoms with van der Waals surface area (Å²) in [5, 5.41) is 2.68. The van der Waals surface area contributed by atoms with E-state index >= 15 is 0 Å². The summed E-state index contributed by atoms with van der Waals surface area (Å²) in [7, 11) is 0. The lowest BCUT2D eigenvalue weighted by Gasteiger charge is -2.14. The highest BCUT2D eigenvalue weighted by atomic mass is 32.1. The van der Waals surface area contributed by atoms with Gasteiger partial charge in [-0.15, -0.1) is 11.3 Å². The quantitative estimate of drug-likeness (QED) is 0.672. The number of rotatable bonds is 5. The predicted molar refractivity (Wildman–Crippen MR) is 59.9 cm³/mol. The Morgan fingerprint density at radius 2 is 2.11 bits per heavy atom. The van der Waals surface area contributed by atoms with Crippen molar-refractivity contribution < 1.29 is 31.9 Å². The Labute approximate surface area is 109 Å². The van der Waals surface area contributed by atoms with Crippen LogP contribution in [-0.4, -0.2) is 30.8 Å². The normalized spacial score (nSPS) is 11.5. The Bertz CT molecular complexity index is 475. The van der Waals surface area contributed by atoms with Gasteiger partial charge in [0, 0.05) is 0 Å². The second-order valence-electron chi connectivity index (χ2n) is 3.26. The van der Waals surface area contributed by atoms with Crippen LogP contribution in [0.15, 0.2) is 11.4 Å². The Morgan fingerprint density at radius 3 is 2.63 bits per heavy atom. The van der Waals surface area contributed by atoms with E-state index in [1.165, 1.54) is 18.4 Å². The van der Waals surface area contributed by atoms with Crippen molar-refractivity contribution in [3.63, 3.8) is 0 Å². The van der Waals surface area contributed by atoms with Crippen LogP contribution in [0.1, 0.15) is 17.3 Å². The molecule has 1 aromatic heterocycles. The van der Waals surface area contributed by atoms with E-state index in [9.17, 15) is 27.2 Å². The smallest absolute Gasteiger partial charge is 0.383 e. The minimum Gasteiger partial charge on any atom is -0.462 e. The Balaban J connectivity index is 2.87. The molecule has 0 spiro atoms. The molecule has 1 rings (SSSR count). The zero-order valence-corrected chi connectivity index (χ0v) is 10.4. The van der Waals surface area contributed by atoms with E-state index in [1.54, 1.807) is 5.32 Å². The van der Waals surface area contributed by atoms with Crippen molar-refractivity contribution in [2.24, 2.45) is 0 Å². The molecule has 0 fully saturated rings. The van der Waals surface area contributed by atoms with E-state index in [0.29, 0.717) is 0 Å². The third kappa shape index (κ3) is 3.43. The van der Waals surface area contributed by atoms with Crippen LogP contribution in [0.25, 0.3) is 0 Å². The molecule has 19 heavy (non-hydrogen) atoms. The Hall–Kier alpha value is -1.64. The lowest BCUT2D eigenvalue weighted by Crippen LogP contribution is -2.41. The molecular formula is C10H9F4NO3S. The SMILES string of the molecule is CCOC(=O)c1ccsc1NC(=O)C(F)(F)C(F)F. The molecule has 1 amide bonds. The van der Waals surface area contributed by atoms with Gasteiger partial charge in [-0.05, 0) is 18.4 Å². The number of thiophene rings is 1. The molecule has 0 aliphatic carbocycles. The third-order valence-corrected chi connectivity index (χ3v) is 2.79. The summed E-state index contributed by atoms with van der Waals surface area (Å²) in [6, 6.07) is 1.23. The first-order chi connectivity index (χ1) is 8.80. The van der Waals surface area contributed by atoms with Gasteiger partial charge in [0.15, 0.2) is 0 Å². The molecule has 0 aromatic carbocycles. The second kappa shape index (κ2) is 6.00. The number of anilines is 1. The minimum absolute atomic E-state index is 0.0509. The number of nitrogens with one attached hydrogen (secondary N) is 1. The molecular weight excluding hydrogens is 290 g/mol. The number of amides is 1. The lowest BCUT2D eigenvalue weighted by molar-refractivity contribution is -0.163. The van der Waals surface area contributed by atoms with Gasteiger partial charge in [-0.3, -0.25) is 4.79 Å². The van der Waals surface area contributed by atoms with Crippen LogP contribution in [0.4, 0.5) is 22.6 Å². The van der Waals surface area contributed by atoms with Crippen LogP contribution >= 0.6 is 11.3 Å². The molecule has 106 valence electrons. The molecule has 1 N–H and O–H groups in total. The van der Waals surface area contributed by atoms with Crippen molar-refractivity contribution in [1.82, 2.24) is 0 Å². The summed E-state index contributed by atoms with van der Waals surface area (Å²) in [4.78, 5) is 22.4. The fourth-order valence-corrected chi connectivity index (χ4v) is 1.83. The third-order valence-electron chi connectivity index (χ3n) is 1.96. The van der Waals surface area contributed by atoms with Crippen LogP contribution in [0.5, 0.6) is 0 Å². The standard InChI is InChI=1S/C10H9F4NO3S/c1-2-18-7(16)5-3-4-19-6(5)15-9(17)10(13,14)8(11)12/h3-4,8H,2H2,1H3,(H,15,17). The first-order valence-corrected chi connectivity index (χ1v) is 5.90. The van der Waals surface area contributed by atoms with Crippen molar-refractivity contribution in [3.8, 4) is 0 Å². The summed E-state index contributed by atoms with van der Waals surface area (Å²) in [5.74, 6) is -7.83. The van der Waals surface area contributed by atoms with Crippen LogP contribution in [0.3, 0.4) is 0 Å². The van der Waals surface area contributed by atoms with Gasteiger partial charge in [-0.2, -0.15) is 8.78 Å². The Kier molecular flexibility index (Phi) is 4.87. The van der Waals surface area contributed by atoms with E-state index in [4.69, 9.17) is 0 Å². The van der Waals surface area contributed by atoms with E-state index in [1.807, 2.05) is 0 Å². The Morgan fingerprint density at radius 1 is 1.47 bits per heavy atom. The number of hydrogen-bond acceptors (Lipinski definition) is 4. The largest absolute Gasteiger partial charge is 0.462 e. The van der Waals surface area contributed by atoms with Crippen molar-refractivity contribution >= 4 is 28.2 Å². The number of ether oxygens (including phenoxy) is 1. The molecule has 9 heteroatoms.